The highest BCUT2D eigenvalue weighted by atomic mass is 32.2. The molecule has 1 aliphatic rings. The second-order valence-electron chi connectivity index (χ2n) is 6.83. The van der Waals surface area contributed by atoms with Crippen molar-refractivity contribution in [1.82, 2.24) is 25.1 Å². The van der Waals surface area contributed by atoms with Gasteiger partial charge in [-0.2, -0.15) is 5.10 Å². The number of amides is 1. The molecule has 1 aromatic carbocycles. The van der Waals surface area contributed by atoms with Crippen LogP contribution in [0.3, 0.4) is 0 Å². The molecule has 1 fully saturated rings. The number of nitrogens with one attached hydrogen (secondary N) is 1. The highest BCUT2D eigenvalue weighted by Crippen LogP contribution is 2.27. The van der Waals surface area contributed by atoms with Gasteiger partial charge in [0.25, 0.3) is 0 Å². The SMILES string of the molecule is CSc1nc(N2CCOCC2)c2cnn(CCNC(=O)CSc3ccc(F)cc3)c2n1. The summed E-state index contributed by atoms with van der Waals surface area (Å²) >= 11 is 2.86. The van der Waals surface area contributed by atoms with Gasteiger partial charge in [0.05, 0.1) is 37.1 Å². The van der Waals surface area contributed by atoms with E-state index in [1.807, 2.05) is 6.26 Å². The van der Waals surface area contributed by atoms with Crippen LogP contribution in [-0.2, 0) is 16.1 Å². The van der Waals surface area contributed by atoms with Crippen LogP contribution >= 0.6 is 23.5 Å². The fraction of sp³-hybridized carbons (Fsp3) is 0.400. The Labute approximate surface area is 187 Å². The first kappa shape index (κ1) is 21.8. The number of thioether (sulfide) groups is 2. The van der Waals surface area contributed by atoms with E-state index >= 15 is 0 Å². The molecule has 1 amide bonds. The fourth-order valence-electron chi connectivity index (χ4n) is 3.22. The second-order valence-corrected chi connectivity index (χ2v) is 8.65. The van der Waals surface area contributed by atoms with E-state index in [1.54, 1.807) is 23.0 Å². The number of ether oxygens (including phenoxy) is 1. The number of anilines is 1. The van der Waals surface area contributed by atoms with Crippen molar-refractivity contribution in [2.45, 2.75) is 16.6 Å². The quantitative estimate of drug-likeness (QED) is 0.404. The molecule has 0 atom stereocenters. The third-order valence-electron chi connectivity index (χ3n) is 4.78. The molecule has 0 radical (unpaired) electrons. The van der Waals surface area contributed by atoms with Crippen LogP contribution in [-0.4, -0.2) is 70.5 Å². The summed E-state index contributed by atoms with van der Waals surface area (Å²) in [6.07, 6.45) is 3.74. The summed E-state index contributed by atoms with van der Waals surface area (Å²) in [6, 6.07) is 6.11. The molecule has 164 valence electrons. The minimum atomic E-state index is -0.287. The summed E-state index contributed by atoms with van der Waals surface area (Å²) in [7, 11) is 0. The van der Waals surface area contributed by atoms with Crippen molar-refractivity contribution in [2.24, 2.45) is 0 Å². The molecule has 1 saturated heterocycles. The van der Waals surface area contributed by atoms with E-state index in [1.165, 1.54) is 35.7 Å². The van der Waals surface area contributed by atoms with Gasteiger partial charge in [-0.25, -0.2) is 19.0 Å². The Bertz CT molecular complexity index is 1040. The zero-order valence-electron chi connectivity index (χ0n) is 17.1. The maximum Gasteiger partial charge on any atom is 0.230 e. The van der Waals surface area contributed by atoms with Crippen molar-refractivity contribution in [3.8, 4) is 0 Å². The topological polar surface area (TPSA) is 85.2 Å². The van der Waals surface area contributed by atoms with Gasteiger partial charge in [0.1, 0.15) is 11.6 Å². The van der Waals surface area contributed by atoms with Gasteiger partial charge >= 0.3 is 0 Å². The molecule has 11 heteroatoms. The number of benzene rings is 1. The Morgan fingerprint density at radius 3 is 2.74 bits per heavy atom. The van der Waals surface area contributed by atoms with Crippen molar-refractivity contribution in [2.75, 3.05) is 49.8 Å². The van der Waals surface area contributed by atoms with Crippen molar-refractivity contribution in [3.05, 3.63) is 36.3 Å². The highest BCUT2D eigenvalue weighted by Gasteiger charge is 2.20. The first-order chi connectivity index (χ1) is 15.1. The number of rotatable bonds is 8. The number of fused-ring (bicyclic) bond motifs is 1. The van der Waals surface area contributed by atoms with Crippen LogP contribution < -0.4 is 10.2 Å². The number of hydrogen-bond acceptors (Lipinski definition) is 8. The Hall–Kier alpha value is -2.37. The fourth-order valence-corrected chi connectivity index (χ4v) is 4.31. The summed E-state index contributed by atoms with van der Waals surface area (Å²) in [5, 5.41) is 8.97. The van der Waals surface area contributed by atoms with Gasteiger partial charge in [0, 0.05) is 24.5 Å². The summed E-state index contributed by atoms with van der Waals surface area (Å²) < 4.78 is 20.2. The zero-order valence-corrected chi connectivity index (χ0v) is 18.7. The normalized spacial score (nSPS) is 14.2. The molecular formula is C20H23FN6O2S2. The van der Waals surface area contributed by atoms with E-state index in [0.29, 0.717) is 31.5 Å². The number of carbonyl (C=O) groups is 1. The smallest absolute Gasteiger partial charge is 0.230 e. The number of carbonyl (C=O) groups excluding carboxylic acids is 1. The van der Waals surface area contributed by atoms with Gasteiger partial charge in [-0.05, 0) is 30.5 Å². The third kappa shape index (κ3) is 5.46. The summed E-state index contributed by atoms with van der Waals surface area (Å²) in [4.78, 5) is 24.5. The predicted octanol–water partition coefficient (Wildman–Crippen LogP) is 2.43. The molecule has 0 spiro atoms. The number of nitrogens with zero attached hydrogens (tertiary/aromatic N) is 5. The van der Waals surface area contributed by atoms with Crippen LogP contribution in [0.5, 0.6) is 0 Å². The molecule has 0 bridgehead atoms. The molecule has 3 heterocycles. The zero-order chi connectivity index (χ0) is 21.6. The molecule has 0 aliphatic carbocycles. The first-order valence-corrected chi connectivity index (χ1v) is 12.1. The standard InChI is InChI=1S/C20H23FN6O2S2/c1-30-20-24-18(26-8-10-29-11-9-26)16-12-23-27(19(16)25-20)7-6-22-17(28)13-31-15-4-2-14(21)3-5-15/h2-5,12H,6-11,13H2,1H3,(H,22,28). The van der Waals surface area contributed by atoms with Crippen LogP contribution in [0.15, 0.2) is 40.5 Å². The molecule has 3 aromatic rings. The lowest BCUT2D eigenvalue weighted by atomic mass is 10.3. The van der Waals surface area contributed by atoms with Gasteiger partial charge in [-0.1, -0.05) is 11.8 Å². The summed E-state index contributed by atoms with van der Waals surface area (Å²) in [5.74, 6) is 0.777. The molecule has 2 aromatic heterocycles. The second kappa shape index (κ2) is 10.3. The van der Waals surface area contributed by atoms with Gasteiger partial charge in [0.2, 0.25) is 5.91 Å². The van der Waals surface area contributed by atoms with Gasteiger partial charge in [-0.3, -0.25) is 4.79 Å². The van der Waals surface area contributed by atoms with Crippen molar-refractivity contribution >= 4 is 46.3 Å². The first-order valence-electron chi connectivity index (χ1n) is 9.89. The molecule has 0 unspecified atom stereocenters. The van der Waals surface area contributed by atoms with Crippen molar-refractivity contribution in [3.63, 3.8) is 0 Å². The minimum Gasteiger partial charge on any atom is -0.378 e. The van der Waals surface area contributed by atoms with Gasteiger partial charge in [0.15, 0.2) is 10.8 Å². The number of aromatic nitrogens is 4. The third-order valence-corrected chi connectivity index (χ3v) is 6.34. The Morgan fingerprint density at radius 1 is 1.23 bits per heavy atom. The Morgan fingerprint density at radius 2 is 2.00 bits per heavy atom. The maximum absolute atomic E-state index is 13.0. The lowest BCUT2D eigenvalue weighted by Gasteiger charge is -2.28. The summed E-state index contributed by atoms with van der Waals surface area (Å²) in [5.41, 5.74) is 0.760. The van der Waals surface area contributed by atoms with E-state index in [4.69, 9.17) is 9.72 Å². The minimum absolute atomic E-state index is 0.0841. The lowest BCUT2D eigenvalue weighted by molar-refractivity contribution is -0.118. The van der Waals surface area contributed by atoms with E-state index in [-0.39, 0.29) is 17.5 Å². The van der Waals surface area contributed by atoms with Crippen molar-refractivity contribution < 1.29 is 13.9 Å². The van der Waals surface area contributed by atoms with E-state index in [9.17, 15) is 9.18 Å². The molecule has 8 nitrogen and oxygen atoms in total. The highest BCUT2D eigenvalue weighted by molar-refractivity contribution is 8.00. The van der Waals surface area contributed by atoms with Crippen LogP contribution in [0.4, 0.5) is 10.2 Å². The number of hydrogen-bond donors (Lipinski definition) is 1. The predicted molar refractivity (Wildman–Crippen MR) is 120 cm³/mol. The molecule has 0 saturated carbocycles. The summed E-state index contributed by atoms with van der Waals surface area (Å²) in [6.45, 7) is 3.86. The molecular weight excluding hydrogens is 439 g/mol. The molecule has 4 rings (SSSR count). The largest absolute Gasteiger partial charge is 0.378 e. The van der Waals surface area contributed by atoms with E-state index in [2.05, 4.69) is 20.3 Å². The molecule has 1 aliphatic heterocycles. The number of morpholine rings is 1. The lowest BCUT2D eigenvalue weighted by Crippen LogP contribution is -2.37. The Kier molecular flexibility index (Phi) is 7.25. The van der Waals surface area contributed by atoms with Crippen LogP contribution in [0.1, 0.15) is 0 Å². The van der Waals surface area contributed by atoms with Crippen LogP contribution in [0.2, 0.25) is 0 Å². The van der Waals surface area contributed by atoms with E-state index in [0.717, 1.165) is 34.8 Å². The maximum atomic E-state index is 13.0. The van der Waals surface area contributed by atoms with Crippen molar-refractivity contribution in [1.29, 1.82) is 0 Å². The average Bonchev–Trinajstić information content (AvgIpc) is 3.21. The van der Waals surface area contributed by atoms with Gasteiger partial charge < -0.3 is 15.0 Å². The Balaban J connectivity index is 1.38. The molecule has 1 N–H and O–H groups in total. The average molecular weight is 463 g/mol. The molecule has 31 heavy (non-hydrogen) atoms. The van der Waals surface area contributed by atoms with E-state index < -0.39 is 0 Å². The monoisotopic (exact) mass is 462 g/mol. The van der Waals surface area contributed by atoms with Crippen LogP contribution in [0, 0.1) is 5.82 Å². The van der Waals surface area contributed by atoms with Crippen LogP contribution in [0.25, 0.3) is 11.0 Å². The van der Waals surface area contributed by atoms with Gasteiger partial charge in [-0.15, -0.1) is 11.8 Å². The number of halogens is 1.